The first-order valence-electron chi connectivity index (χ1n) is 8.78. The highest BCUT2D eigenvalue weighted by Gasteiger charge is 2.17. The average molecular weight is 377 g/mol. The third kappa shape index (κ3) is 4.29. The van der Waals surface area contributed by atoms with Crippen LogP contribution in [0.25, 0.3) is 10.9 Å². The molecule has 2 aromatic heterocycles. The van der Waals surface area contributed by atoms with Crippen molar-refractivity contribution < 1.29 is 5.11 Å². The molecule has 144 valence electrons. The Morgan fingerprint density at radius 3 is 2.68 bits per heavy atom. The van der Waals surface area contributed by atoms with E-state index in [4.69, 9.17) is 11.6 Å². The molecule has 5 N–H and O–H groups in total. The molecule has 3 aromatic rings. The lowest BCUT2D eigenvalue weighted by atomic mass is 10.0. The van der Waals surface area contributed by atoms with Gasteiger partial charge in [-0.05, 0) is 44.5 Å². The number of aromatic nitrogens is 3. The maximum atomic E-state index is 10.1. The van der Waals surface area contributed by atoms with Gasteiger partial charge in [-0.2, -0.15) is 5.10 Å². The second-order valence-electron chi connectivity index (χ2n) is 7.01. The van der Waals surface area contributed by atoms with E-state index in [-0.39, 0.29) is 5.95 Å². The third-order valence-corrected chi connectivity index (χ3v) is 4.15. The van der Waals surface area contributed by atoms with E-state index in [1.165, 1.54) is 0 Å². The summed E-state index contributed by atoms with van der Waals surface area (Å²) in [6.45, 7) is 5.66. The van der Waals surface area contributed by atoms with Crippen LogP contribution in [-0.2, 0) is 12.1 Å². The van der Waals surface area contributed by atoms with E-state index in [0.29, 0.717) is 23.6 Å². The number of rotatable bonds is 5. The normalized spacial score (nSPS) is 12.8. The zero-order valence-electron chi connectivity index (χ0n) is 16.1. The smallest absolute Gasteiger partial charge is 0.221 e. The summed E-state index contributed by atoms with van der Waals surface area (Å²) in [5, 5.41) is 14.7. The lowest BCUT2D eigenvalue weighted by Crippen LogP contribution is -2.18. The molecule has 0 amide bonds. The van der Waals surface area contributed by atoms with Crippen molar-refractivity contribution in [2.24, 2.45) is 15.9 Å². The fraction of sp³-hybridized carbons (Fsp3) is 0.250. The third-order valence-electron chi connectivity index (χ3n) is 4.15. The van der Waals surface area contributed by atoms with Crippen molar-refractivity contribution in [1.82, 2.24) is 15.0 Å². The zero-order valence-corrected chi connectivity index (χ0v) is 16.1. The monoisotopic (exact) mass is 377 g/mol. The molecule has 0 bridgehead atoms. The molecule has 28 heavy (non-hydrogen) atoms. The Balaban J connectivity index is 1.89. The number of nitrogens with two attached hydrogens (primary N) is 2. The van der Waals surface area contributed by atoms with Crippen molar-refractivity contribution in [3.05, 3.63) is 59.0 Å². The van der Waals surface area contributed by atoms with Crippen LogP contribution in [0, 0.1) is 6.92 Å². The maximum absolute atomic E-state index is 10.1. The fourth-order valence-corrected chi connectivity index (χ4v) is 2.74. The number of pyridine rings is 1. The highest BCUT2D eigenvalue weighted by atomic mass is 16.3. The Morgan fingerprint density at radius 1 is 1.18 bits per heavy atom. The first kappa shape index (κ1) is 19.4. The van der Waals surface area contributed by atoms with Crippen molar-refractivity contribution in [3.63, 3.8) is 0 Å². The number of aliphatic hydroxyl groups is 1. The summed E-state index contributed by atoms with van der Waals surface area (Å²) in [7, 11) is 0. The number of nitrogens with zero attached hydrogens (tertiary/aromatic N) is 5. The predicted molar refractivity (Wildman–Crippen MR) is 111 cm³/mol. The fourth-order valence-electron chi connectivity index (χ4n) is 2.74. The van der Waals surface area contributed by atoms with Crippen LogP contribution in [-0.4, -0.2) is 32.0 Å². The molecular weight excluding hydrogens is 354 g/mol. The van der Waals surface area contributed by atoms with E-state index in [1.807, 2.05) is 37.3 Å². The van der Waals surface area contributed by atoms with Crippen molar-refractivity contribution in [3.8, 4) is 0 Å². The SMILES string of the molecule is Cc1ccc2c(C(C=NCc3cccc(C(C)(C)O)n3)=NN)nc(N)nc2c1. The van der Waals surface area contributed by atoms with Gasteiger partial charge < -0.3 is 16.7 Å². The molecule has 8 heteroatoms. The van der Waals surface area contributed by atoms with Gasteiger partial charge in [0.25, 0.3) is 0 Å². The quantitative estimate of drug-likeness (QED) is 0.354. The molecule has 0 saturated heterocycles. The summed E-state index contributed by atoms with van der Waals surface area (Å²) in [5.41, 5.74) is 8.83. The van der Waals surface area contributed by atoms with Gasteiger partial charge >= 0.3 is 0 Å². The van der Waals surface area contributed by atoms with Crippen molar-refractivity contribution >= 4 is 28.8 Å². The zero-order chi connectivity index (χ0) is 20.3. The molecule has 0 aliphatic carbocycles. The van der Waals surface area contributed by atoms with Gasteiger partial charge in [0.15, 0.2) is 0 Å². The van der Waals surface area contributed by atoms with Crippen LogP contribution in [0.1, 0.15) is 36.5 Å². The van der Waals surface area contributed by atoms with Crippen LogP contribution in [0.3, 0.4) is 0 Å². The molecule has 0 aliphatic rings. The van der Waals surface area contributed by atoms with E-state index < -0.39 is 5.60 Å². The van der Waals surface area contributed by atoms with Crippen LogP contribution in [0.15, 0.2) is 46.5 Å². The Labute approximate surface area is 163 Å². The first-order chi connectivity index (χ1) is 13.3. The molecule has 0 radical (unpaired) electrons. The number of hydrogen-bond acceptors (Lipinski definition) is 8. The van der Waals surface area contributed by atoms with Gasteiger partial charge in [0, 0.05) is 5.39 Å². The molecule has 2 heterocycles. The Morgan fingerprint density at radius 2 is 1.96 bits per heavy atom. The summed E-state index contributed by atoms with van der Waals surface area (Å²) in [4.78, 5) is 17.4. The summed E-state index contributed by atoms with van der Waals surface area (Å²) in [5.74, 6) is 5.72. The predicted octanol–water partition coefficient (Wildman–Crippen LogP) is 2.08. The molecule has 1 aromatic carbocycles. The molecule has 0 saturated carbocycles. The summed E-state index contributed by atoms with van der Waals surface area (Å²) in [6.07, 6.45) is 1.54. The number of fused-ring (bicyclic) bond motifs is 1. The Hall–Kier alpha value is -3.39. The highest BCUT2D eigenvalue weighted by Crippen LogP contribution is 2.19. The van der Waals surface area contributed by atoms with Crippen molar-refractivity contribution in [1.29, 1.82) is 0 Å². The van der Waals surface area contributed by atoms with Crippen LogP contribution in [0.5, 0.6) is 0 Å². The van der Waals surface area contributed by atoms with E-state index in [1.54, 1.807) is 26.1 Å². The number of benzene rings is 1. The summed E-state index contributed by atoms with van der Waals surface area (Å²) in [6, 6.07) is 11.2. The van der Waals surface area contributed by atoms with Crippen LogP contribution < -0.4 is 11.6 Å². The minimum Gasteiger partial charge on any atom is -0.384 e. The molecule has 0 aliphatic heterocycles. The minimum atomic E-state index is -1.01. The number of anilines is 1. The largest absolute Gasteiger partial charge is 0.384 e. The van der Waals surface area contributed by atoms with Crippen LogP contribution >= 0.6 is 0 Å². The molecule has 0 fully saturated rings. The second kappa shape index (κ2) is 7.69. The summed E-state index contributed by atoms with van der Waals surface area (Å²) < 4.78 is 0. The Bertz CT molecular complexity index is 1060. The second-order valence-corrected chi connectivity index (χ2v) is 7.01. The van der Waals surface area contributed by atoms with Gasteiger partial charge in [0.05, 0.1) is 29.7 Å². The van der Waals surface area contributed by atoms with Gasteiger partial charge in [-0.25, -0.2) is 9.97 Å². The number of hydrazone groups is 1. The topological polar surface area (TPSA) is 136 Å². The number of aliphatic imine (C=N–C) groups is 1. The molecule has 0 spiro atoms. The lowest BCUT2D eigenvalue weighted by molar-refractivity contribution is 0.0736. The maximum Gasteiger partial charge on any atom is 0.221 e. The lowest BCUT2D eigenvalue weighted by Gasteiger charge is -2.16. The molecular formula is C20H23N7O. The van der Waals surface area contributed by atoms with Crippen molar-refractivity contribution in [2.45, 2.75) is 32.9 Å². The van der Waals surface area contributed by atoms with Gasteiger partial charge in [-0.1, -0.05) is 18.2 Å². The highest BCUT2D eigenvalue weighted by molar-refractivity contribution is 6.40. The van der Waals surface area contributed by atoms with Gasteiger partial charge in [0.2, 0.25) is 5.95 Å². The number of aryl methyl sites for hydroxylation is 1. The standard InChI is InChI=1S/C20H23N7O/c1-12-7-8-14-15(9-12)25-19(21)26-18(14)16(27-22)11-23-10-13-5-4-6-17(24-13)20(2,3)28/h4-9,11,28H,10,22H2,1-3H3,(H2,21,25,26). The van der Waals surface area contributed by atoms with E-state index in [9.17, 15) is 5.11 Å². The van der Waals surface area contributed by atoms with Gasteiger partial charge in [-0.15, -0.1) is 0 Å². The molecule has 0 atom stereocenters. The van der Waals surface area contributed by atoms with Gasteiger partial charge in [-0.3, -0.25) is 9.98 Å². The van der Waals surface area contributed by atoms with E-state index in [0.717, 1.165) is 22.2 Å². The van der Waals surface area contributed by atoms with Gasteiger partial charge in [0.1, 0.15) is 17.0 Å². The first-order valence-corrected chi connectivity index (χ1v) is 8.78. The Kier molecular flexibility index (Phi) is 5.32. The van der Waals surface area contributed by atoms with Crippen LogP contribution in [0.2, 0.25) is 0 Å². The molecule has 3 rings (SSSR count). The van der Waals surface area contributed by atoms with Crippen LogP contribution in [0.4, 0.5) is 5.95 Å². The number of nitrogen functional groups attached to an aromatic ring is 1. The van der Waals surface area contributed by atoms with E-state index >= 15 is 0 Å². The average Bonchev–Trinajstić information content (AvgIpc) is 2.64. The van der Waals surface area contributed by atoms with Crippen molar-refractivity contribution in [2.75, 3.05) is 5.73 Å². The number of hydrogen-bond donors (Lipinski definition) is 3. The van der Waals surface area contributed by atoms with E-state index in [2.05, 4.69) is 25.0 Å². The molecule has 0 unspecified atom stereocenters. The minimum absolute atomic E-state index is 0.141. The molecule has 8 nitrogen and oxygen atoms in total. The summed E-state index contributed by atoms with van der Waals surface area (Å²) >= 11 is 0.